The maximum Gasteiger partial charge on any atom is 0.323 e. The summed E-state index contributed by atoms with van der Waals surface area (Å²) in [5.74, 6) is 6.93. The largest absolute Gasteiger partial charge is 0.463 e. The summed E-state index contributed by atoms with van der Waals surface area (Å²) in [5.41, 5.74) is 2.49. The van der Waals surface area contributed by atoms with Crippen LogP contribution in [-0.2, 0) is 0 Å². The van der Waals surface area contributed by atoms with Crippen LogP contribution in [0.5, 0.6) is 6.01 Å². The number of hydrogen-bond acceptors (Lipinski definition) is 7. The fourth-order valence-electron chi connectivity index (χ4n) is 2.50. The molecule has 3 N–H and O–H groups in total. The van der Waals surface area contributed by atoms with Gasteiger partial charge < -0.3 is 9.64 Å². The molecule has 2 rings (SSSR count). The van der Waals surface area contributed by atoms with Gasteiger partial charge in [-0.25, -0.2) is 5.84 Å². The van der Waals surface area contributed by atoms with Crippen LogP contribution in [0, 0.1) is 5.92 Å². The Hall–Kier alpha value is -1.63. The second kappa shape index (κ2) is 7.97. The molecular weight excluding hydrogens is 268 g/mol. The minimum Gasteiger partial charge on any atom is -0.463 e. The average molecular weight is 294 g/mol. The van der Waals surface area contributed by atoms with Gasteiger partial charge in [0.05, 0.1) is 6.61 Å². The number of rotatable bonds is 7. The van der Waals surface area contributed by atoms with Gasteiger partial charge in [-0.05, 0) is 31.6 Å². The lowest BCUT2D eigenvalue weighted by Gasteiger charge is -2.26. The van der Waals surface area contributed by atoms with E-state index in [2.05, 4.69) is 39.1 Å². The highest BCUT2D eigenvalue weighted by atomic mass is 16.5. The number of aromatic nitrogens is 3. The number of anilines is 2. The van der Waals surface area contributed by atoms with Crippen LogP contribution in [0.15, 0.2) is 0 Å². The summed E-state index contributed by atoms with van der Waals surface area (Å²) in [5, 5.41) is 0. The first-order valence-corrected chi connectivity index (χ1v) is 7.83. The Labute approximate surface area is 126 Å². The Morgan fingerprint density at radius 1 is 1.24 bits per heavy atom. The molecule has 0 spiro atoms. The minimum absolute atomic E-state index is 0.349. The lowest BCUT2D eigenvalue weighted by Crippen LogP contribution is -2.31. The number of nitrogens with zero attached hydrogens (tertiary/aromatic N) is 4. The molecule has 1 aromatic heterocycles. The van der Waals surface area contributed by atoms with Crippen molar-refractivity contribution in [2.75, 3.05) is 30.0 Å². The minimum atomic E-state index is 0.349. The summed E-state index contributed by atoms with van der Waals surface area (Å²) in [7, 11) is 0. The predicted octanol–water partition coefficient (Wildman–Crippen LogP) is 1.96. The van der Waals surface area contributed by atoms with Gasteiger partial charge in [0, 0.05) is 13.1 Å². The molecule has 2 heterocycles. The summed E-state index contributed by atoms with van der Waals surface area (Å²) in [6.07, 6.45) is 5.88. The zero-order valence-electron chi connectivity index (χ0n) is 13.0. The van der Waals surface area contributed by atoms with E-state index in [9.17, 15) is 0 Å². The smallest absolute Gasteiger partial charge is 0.323 e. The van der Waals surface area contributed by atoms with Crippen LogP contribution >= 0.6 is 0 Å². The third-order valence-electron chi connectivity index (χ3n) is 3.65. The van der Waals surface area contributed by atoms with Gasteiger partial charge in [-0.3, -0.25) is 5.43 Å². The maximum atomic E-state index is 5.71. The number of nitrogens with one attached hydrogen (secondary N) is 1. The van der Waals surface area contributed by atoms with Gasteiger partial charge in [-0.1, -0.05) is 20.3 Å². The fraction of sp³-hybridized carbons (Fsp3) is 0.786. The van der Waals surface area contributed by atoms with Crippen molar-refractivity contribution in [3.63, 3.8) is 0 Å². The second-order valence-electron chi connectivity index (χ2n) is 5.64. The molecule has 0 amide bonds. The predicted molar refractivity (Wildman–Crippen MR) is 83.3 cm³/mol. The van der Waals surface area contributed by atoms with E-state index in [4.69, 9.17) is 10.6 Å². The van der Waals surface area contributed by atoms with Gasteiger partial charge in [0.25, 0.3) is 0 Å². The molecule has 0 aromatic carbocycles. The quantitative estimate of drug-likeness (QED) is 0.587. The molecule has 1 aliphatic heterocycles. The molecule has 7 heteroatoms. The maximum absolute atomic E-state index is 5.71. The molecule has 0 saturated carbocycles. The van der Waals surface area contributed by atoms with E-state index in [-0.39, 0.29) is 0 Å². The summed E-state index contributed by atoms with van der Waals surface area (Å²) < 4.78 is 5.71. The Bertz CT molecular complexity index is 435. The third-order valence-corrected chi connectivity index (χ3v) is 3.65. The van der Waals surface area contributed by atoms with E-state index >= 15 is 0 Å². The van der Waals surface area contributed by atoms with Crippen molar-refractivity contribution in [1.82, 2.24) is 15.0 Å². The van der Waals surface area contributed by atoms with Gasteiger partial charge in [-0.15, -0.1) is 0 Å². The number of hydrazine groups is 1. The summed E-state index contributed by atoms with van der Waals surface area (Å²) >= 11 is 0. The van der Waals surface area contributed by atoms with Gasteiger partial charge in [0.1, 0.15) is 0 Å². The first-order valence-electron chi connectivity index (χ1n) is 7.83. The standard InChI is InChI=1S/C14H26N6O/c1-3-7-11(2)10-21-14-17-12(19-15)16-13(18-14)20-8-5-4-6-9-20/h11H,3-10,15H2,1-2H3,(H,16,17,18,19). The number of nitrogen functional groups attached to an aromatic ring is 1. The van der Waals surface area contributed by atoms with Crippen LogP contribution in [-0.4, -0.2) is 34.6 Å². The summed E-state index contributed by atoms with van der Waals surface area (Å²) in [6, 6.07) is 0.349. The summed E-state index contributed by atoms with van der Waals surface area (Å²) in [6.45, 7) is 6.89. The molecule has 1 aliphatic rings. The van der Waals surface area contributed by atoms with E-state index in [1.54, 1.807) is 0 Å². The van der Waals surface area contributed by atoms with E-state index < -0.39 is 0 Å². The first-order chi connectivity index (χ1) is 10.2. The molecule has 1 unspecified atom stereocenters. The normalized spacial score (nSPS) is 16.6. The van der Waals surface area contributed by atoms with E-state index in [1.165, 1.54) is 19.3 Å². The van der Waals surface area contributed by atoms with Crippen LogP contribution < -0.4 is 20.9 Å². The molecule has 1 atom stereocenters. The van der Waals surface area contributed by atoms with Crippen molar-refractivity contribution in [1.29, 1.82) is 0 Å². The van der Waals surface area contributed by atoms with Crippen LogP contribution in [0.2, 0.25) is 0 Å². The number of ether oxygens (including phenoxy) is 1. The topological polar surface area (TPSA) is 89.2 Å². The molecule has 0 aliphatic carbocycles. The van der Waals surface area contributed by atoms with E-state index in [0.29, 0.717) is 30.4 Å². The Morgan fingerprint density at radius 2 is 2.00 bits per heavy atom. The van der Waals surface area contributed by atoms with Crippen molar-refractivity contribution < 1.29 is 4.74 Å². The zero-order chi connectivity index (χ0) is 15.1. The lowest BCUT2D eigenvalue weighted by molar-refractivity contribution is 0.233. The summed E-state index contributed by atoms with van der Waals surface area (Å²) in [4.78, 5) is 15.1. The van der Waals surface area contributed by atoms with Crippen molar-refractivity contribution in [2.45, 2.75) is 46.0 Å². The fourth-order valence-corrected chi connectivity index (χ4v) is 2.50. The number of hydrogen-bond donors (Lipinski definition) is 2. The van der Waals surface area contributed by atoms with Crippen LogP contribution in [0.1, 0.15) is 46.0 Å². The van der Waals surface area contributed by atoms with Gasteiger partial charge in [0.2, 0.25) is 11.9 Å². The van der Waals surface area contributed by atoms with Crippen molar-refractivity contribution >= 4 is 11.9 Å². The molecule has 1 fully saturated rings. The highest BCUT2D eigenvalue weighted by molar-refractivity contribution is 5.37. The molecule has 0 bridgehead atoms. The molecule has 0 radical (unpaired) electrons. The van der Waals surface area contributed by atoms with Crippen molar-refractivity contribution in [3.8, 4) is 6.01 Å². The van der Waals surface area contributed by atoms with E-state index in [0.717, 1.165) is 25.9 Å². The highest BCUT2D eigenvalue weighted by Crippen LogP contribution is 2.19. The van der Waals surface area contributed by atoms with Crippen LogP contribution in [0.3, 0.4) is 0 Å². The van der Waals surface area contributed by atoms with Gasteiger partial charge >= 0.3 is 6.01 Å². The molecule has 21 heavy (non-hydrogen) atoms. The lowest BCUT2D eigenvalue weighted by atomic mass is 10.1. The van der Waals surface area contributed by atoms with Crippen LogP contribution in [0.4, 0.5) is 11.9 Å². The third kappa shape index (κ3) is 4.70. The monoisotopic (exact) mass is 294 g/mol. The molecular formula is C14H26N6O. The highest BCUT2D eigenvalue weighted by Gasteiger charge is 2.17. The van der Waals surface area contributed by atoms with Gasteiger partial charge in [0.15, 0.2) is 0 Å². The first kappa shape index (κ1) is 15.8. The molecule has 1 saturated heterocycles. The Kier molecular flexibility index (Phi) is 5.98. The second-order valence-corrected chi connectivity index (χ2v) is 5.64. The molecule has 118 valence electrons. The Balaban J connectivity index is 2.05. The van der Waals surface area contributed by atoms with E-state index in [1.807, 2.05) is 0 Å². The molecule has 7 nitrogen and oxygen atoms in total. The zero-order valence-corrected chi connectivity index (χ0v) is 13.0. The van der Waals surface area contributed by atoms with Crippen molar-refractivity contribution in [3.05, 3.63) is 0 Å². The average Bonchev–Trinajstić information content (AvgIpc) is 2.54. The van der Waals surface area contributed by atoms with Crippen molar-refractivity contribution in [2.24, 2.45) is 11.8 Å². The Morgan fingerprint density at radius 3 is 2.67 bits per heavy atom. The number of piperidine rings is 1. The van der Waals surface area contributed by atoms with Crippen LogP contribution in [0.25, 0.3) is 0 Å². The molecule has 1 aromatic rings. The van der Waals surface area contributed by atoms with Gasteiger partial charge in [-0.2, -0.15) is 15.0 Å². The number of nitrogens with two attached hydrogens (primary N) is 1. The SMILES string of the molecule is CCCC(C)COc1nc(NN)nc(N2CCCCC2)n1.